The number of benzene rings is 2. The van der Waals surface area contributed by atoms with Gasteiger partial charge in [0, 0.05) is 0 Å². The number of rotatable bonds is 7. The maximum atomic E-state index is 6.21. The monoisotopic (exact) mass is 318 g/mol. The van der Waals surface area contributed by atoms with Crippen molar-refractivity contribution in [2.24, 2.45) is 5.10 Å². The molecule has 1 N–H and O–H groups in total. The van der Waals surface area contributed by atoms with Gasteiger partial charge in [-0.15, -0.1) is 0 Å². The quantitative estimate of drug-likeness (QED) is 0.622. The fourth-order valence-electron chi connectivity index (χ4n) is 1.95. The van der Waals surface area contributed by atoms with Crippen molar-refractivity contribution < 1.29 is 9.47 Å². The fraction of sp³-hybridized carbons (Fsp3) is 0.235. The van der Waals surface area contributed by atoms with Crippen molar-refractivity contribution >= 4 is 17.8 Å². The lowest BCUT2D eigenvalue weighted by atomic mass is 10.2. The molecule has 0 bridgehead atoms. The van der Waals surface area contributed by atoms with Gasteiger partial charge in [0.05, 0.1) is 31.5 Å². The molecule has 0 radical (unpaired) electrons. The maximum absolute atomic E-state index is 6.21. The molecule has 0 heterocycles. The molecule has 0 unspecified atom stereocenters. The number of hydrogen-bond donors (Lipinski definition) is 1. The van der Waals surface area contributed by atoms with E-state index in [0.717, 1.165) is 5.56 Å². The highest BCUT2D eigenvalue weighted by Gasteiger charge is 2.10. The van der Waals surface area contributed by atoms with Crippen LogP contribution in [0.25, 0.3) is 0 Å². The first-order valence-electron chi connectivity index (χ1n) is 7.04. The standard InChI is InChI=1S/C17H19ClN2O2/c1-3-22-17-15(18)9-14(10-16(17)21-2)12-20-19-11-13-7-5-4-6-8-13/h4-10,12,19H,3,11H2,1-2H3. The lowest BCUT2D eigenvalue weighted by Gasteiger charge is -2.11. The summed E-state index contributed by atoms with van der Waals surface area (Å²) >= 11 is 6.21. The van der Waals surface area contributed by atoms with Gasteiger partial charge in [-0.25, -0.2) is 0 Å². The van der Waals surface area contributed by atoms with Gasteiger partial charge in [-0.05, 0) is 30.2 Å². The second-order valence-corrected chi connectivity index (χ2v) is 4.95. The Morgan fingerprint density at radius 3 is 2.68 bits per heavy atom. The number of hydrogen-bond acceptors (Lipinski definition) is 4. The minimum absolute atomic E-state index is 0.505. The van der Waals surface area contributed by atoms with Crippen LogP contribution in [-0.2, 0) is 6.54 Å². The largest absolute Gasteiger partial charge is 0.493 e. The SMILES string of the molecule is CCOc1c(Cl)cc(C=NNCc2ccccc2)cc1OC. The van der Waals surface area contributed by atoms with Crippen LogP contribution in [0.5, 0.6) is 11.5 Å². The number of nitrogens with zero attached hydrogens (tertiary/aromatic N) is 1. The zero-order valence-corrected chi connectivity index (χ0v) is 13.4. The van der Waals surface area contributed by atoms with Gasteiger partial charge in [-0.3, -0.25) is 0 Å². The summed E-state index contributed by atoms with van der Waals surface area (Å²) in [6, 6.07) is 13.7. The second-order valence-electron chi connectivity index (χ2n) is 4.55. The Morgan fingerprint density at radius 1 is 1.23 bits per heavy atom. The van der Waals surface area contributed by atoms with Gasteiger partial charge in [-0.2, -0.15) is 5.10 Å². The lowest BCUT2D eigenvalue weighted by molar-refractivity contribution is 0.311. The first kappa shape index (κ1) is 16.2. The van der Waals surface area contributed by atoms with Gasteiger partial charge < -0.3 is 14.9 Å². The Hall–Kier alpha value is -2.20. The maximum Gasteiger partial charge on any atom is 0.179 e. The summed E-state index contributed by atoms with van der Waals surface area (Å²) in [6.45, 7) is 3.10. The predicted octanol–water partition coefficient (Wildman–Crippen LogP) is 3.87. The number of hydrazone groups is 1. The molecule has 4 nitrogen and oxygen atoms in total. The van der Waals surface area contributed by atoms with E-state index in [1.54, 1.807) is 19.4 Å². The van der Waals surface area contributed by atoms with Gasteiger partial charge in [-0.1, -0.05) is 41.9 Å². The van der Waals surface area contributed by atoms with Gasteiger partial charge in [0.1, 0.15) is 0 Å². The van der Waals surface area contributed by atoms with Crippen molar-refractivity contribution in [3.8, 4) is 11.5 Å². The lowest BCUT2D eigenvalue weighted by Crippen LogP contribution is -2.05. The molecule has 0 aliphatic carbocycles. The smallest absolute Gasteiger partial charge is 0.179 e. The Labute approximate surface area is 135 Å². The third kappa shape index (κ3) is 4.40. The van der Waals surface area contributed by atoms with Crippen molar-refractivity contribution in [2.75, 3.05) is 13.7 Å². The minimum Gasteiger partial charge on any atom is -0.493 e. The molecule has 0 aromatic heterocycles. The van der Waals surface area contributed by atoms with Crippen LogP contribution in [0.1, 0.15) is 18.1 Å². The van der Waals surface area contributed by atoms with E-state index in [9.17, 15) is 0 Å². The van der Waals surface area contributed by atoms with Crippen molar-refractivity contribution in [1.82, 2.24) is 5.43 Å². The number of methoxy groups -OCH3 is 1. The molecule has 0 atom stereocenters. The van der Waals surface area contributed by atoms with Crippen molar-refractivity contribution in [3.05, 3.63) is 58.6 Å². The van der Waals surface area contributed by atoms with Gasteiger partial charge in [0.15, 0.2) is 11.5 Å². The Kier molecular flexibility index (Phi) is 6.10. The highest BCUT2D eigenvalue weighted by atomic mass is 35.5. The Balaban J connectivity index is 2.03. The van der Waals surface area contributed by atoms with E-state index in [0.29, 0.717) is 29.7 Å². The zero-order chi connectivity index (χ0) is 15.8. The molecule has 116 valence electrons. The second kappa shape index (κ2) is 8.29. The van der Waals surface area contributed by atoms with Gasteiger partial charge in [0.25, 0.3) is 0 Å². The minimum atomic E-state index is 0.505. The Bertz CT molecular complexity index is 630. The zero-order valence-electron chi connectivity index (χ0n) is 12.7. The van der Waals surface area contributed by atoms with E-state index in [-0.39, 0.29) is 0 Å². The molecule has 0 amide bonds. The molecule has 0 aliphatic rings. The van der Waals surface area contributed by atoms with Crippen LogP contribution < -0.4 is 14.9 Å². The van der Waals surface area contributed by atoms with Crippen LogP contribution in [0, 0.1) is 0 Å². The summed E-state index contributed by atoms with van der Waals surface area (Å²) in [4.78, 5) is 0. The van der Waals surface area contributed by atoms with Crippen molar-refractivity contribution in [1.29, 1.82) is 0 Å². The normalized spacial score (nSPS) is 10.7. The highest BCUT2D eigenvalue weighted by Crippen LogP contribution is 2.35. The van der Waals surface area contributed by atoms with E-state index in [2.05, 4.69) is 10.5 Å². The molecular formula is C17H19ClN2O2. The molecule has 0 aliphatic heterocycles. The molecule has 0 saturated carbocycles. The summed E-state index contributed by atoms with van der Waals surface area (Å²) in [5.41, 5.74) is 5.01. The molecule has 22 heavy (non-hydrogen) atoms. The van der Waals surface area contributed by atoms with Gasteiger partial charge in [0.2, 0.25) is 0 Å². The molecule has 2 aromatic rings. The summed E-state index contributed by atoms with van der Waals surface area (Å²) in [7, 11) is 1.59. The van der Waals surface area contributed by atoms with Gasteiger partial charge >= 0.3 is 0 Å². The molecule has 0 saturated heterocycles. The van der Waals surface area contributed by atoms with Crippen molar-refractivity contribution in [2.45, 2.75) is 13.5 Å². The van der Waals surface area contributed by atoms with Crippen LogP contribution in [0.2, 0.25) is 5.02 Å². The highest BCUT2D eigenvalue weighted by molar-refractivity contribution is 6.32. The third-order valence-corrected chi connectivity index (χ3v) is 3.25. The number of halogens is 1. The van der Waals surface area contributed by atoms with Crippen molar-refractivity contribution in [3.63, 3.8) is 0 Å². The van der Waals surface area contributed by atoms with Crippen LogP contribution >= 0.6 is 11.6 Å². The van der Waals surface area contributed by atoms with E-state index < -0.39 is 0 Å². The van der Waals surface area contributed by atoms with Crippen LogP contribution in [0.3, 0.4) is 0 Å². The summed E-state index contributed by atoms with van der Waals surface area (Å²) in [5.74, 6) is 1.15. The Morgan fingerprint density at radius 2 is 2.00 bits per heavy atom. The number of ether oxygens (including phenoxy) is 2. The average Bonchev–Trinajstić information content (AvgIpc) is 2.55. The van der Waals surface area contributed by atoms with E-state index in [1.165, 1.54) is 5.56 Å². The number of nitrogens with one attached hydrogen (secondary N) is 1. The summed E-state index contributed by atoms with van der Waals surface area (Å²) in [6.07, 6.45) is 1.70. The summed E-state index contributed by atoms with van der Waals surface area (Å²) in [5, 5.41) is 4.70. The molecule has 2 aromatic carbocycles. The predicted molar refractivity (Wildman–Crippen MR) is 90.0 cm³/mol. The van der Waals surface area contributed by atoms with E-state index in [1.807, 2.05) is 43.3 Å². The van der Waals surface area contributed by atoms with Crippen LogP contribution in [-0.4, -0.2) is 19.9 Å². The molecule has 0 fully saturated rings. The molecule has 2 rings (SSSR count). The molecular weight excluding hydrogens is 300 g/mol. The molecule has 0 spiro atoms. The average molecular weight is 319 g/mol. The van der Waals surface area contributed by atoms with E-state index in [4.69, 9.17) is 21.1 Å². The summed E-state index contributed by atoms with van der Waals surface area (Å²) < 4.78 is 10.8. The topological polar surface area (TPSA) is 42.8 Å². The van der Waals surface area contributed by atoms with E-state index >= 15 is 0 Å². The fourth-order valence-corrected chi connectivity index (χ4v) is 2.23. The first-order valence-corrected chi connectivity index (χ1v) is 7.42. The third-order valence-electron chi connectivity index (χ3n) is 2.97. The first-order chi connectivity index (χ1) is 10.7. The van der Waals surface area contributed by atoms with Crippen LogP contribution in [0.4, 0.5) is 0 Å². The van der Waals surface area contributed by atoms with Crippen LogP contribution in [0.15, 0.2) is 47.6 Å². The molecule has 5 heteroatoms.